The number of hydrogen-bond acceptors (Lipinski definition) is 5. The lowest BCUT2D eigenvalue weighted by atomic mass is 10.2. The number of nitrogens with one attached hydrogen (secondary N) is 2. The molecule has 108 valence electrons. The van der Waals surface area contributed by atoms with Crippen molar-refractivity contribution in [2.24, 2.45) is 0 Å². The molecule has 1 aromatic carbocycles. The monoisotopic (exact) mass is 302 g/mol. The van der Waals surface area contributed by atoms with Crippen molar-refractivity contribution in [3.05, 3.63) is 39.8 Å². The molecular formula is C14H14N4O2S. The first-order valence-electron chi connectivity index (χ1n) is 6.45. The van der Waals surface area contributed by atoms with Crippen molar-refractivity contribution in [1.29, 1.82) is 0 Å². The summed E-state index contributed by atoms with van der Waals surface area (Å²) in [6, 6.07) is 5.80. The van der Waals surface area contributed by atoms with E-state index in [9.17, 15) is 9.90 Å². The number of aryl methyl sites for hydroxylation is 1. The van der Waals surface area contributed by atoms with Gasteiger partial charge in [-0.2, -0.15) is 0 Å². The molecule has 0 aliphatic heterocycles. The highest BCUT2D eigenvalue weighted by Crippen LogP contribution is 2.21. The Morgan fingerprint density at radius 2 is 2.29 bits per heavy atom. The van der Waals surface area contributed by atoms with E-state index >= 15 is 0 Å². The molecule has 0 fully saturated rings. The molecule has 0 aliphatic rings. The largest absolute Gasteiger partial charge is 0.386 e. The Balaban J connectivity index is 1.83. The van der Waals surface area contributed by atoms with Crippen LogP contribution in [0.4, 0.5) is 5.95 Å². The Bertz CT molecular complexity index is 806. The first-order valence-corrected chi connectivity index (χ1v) is 7.26. The first-order chi connectivity index (χ1) is 10.0. The summed E-state index contributed by atoms with van der Waals surface area (Å²) in [5.74, 6) is 0.104. The molecule has 0 saturated carbocycles. The zero-order valence-electron chi connectivity index (χ0n) is 11.5. The van der Waals surface area contributed by atoms with Crippen molar-refractivity contribution in [3.8, 4) is 0 Å². The lowest BCUT2D eigenvalue weighted by molar-refractivity contribution is 0.102. The number of para-hydroxylation sites is 1. The number of imidazole rings is 1. The molecule has 0 spiro atoms. The molecule has 0 radical (unpaired) electrons. The summed E-state index contributed by atoms with van der Waals surface area (Å²) in [4.78, 5) is 24.0. The van der Waals surface area contributed by atoms with Crippen LogP contribution in [0.2, 0.25) is 0 Å². The number of hydrogen-bond donors (Lipinski definition) is 3. The van der Waals surface area contributed by atoms with Gasteiger partial charge in [0.1, 0.15) is 16.0 Å². The molecule has 3 N–H and O–H groups in total. The minimum Gasteiger partial charge on any atom is -0.386 e. The first kappa shape index (κ1) is 13.7. The second-order valence-electron chi connectivity index (χ2n) is 4.75. The zero-order valence-corrected chi connectivity index (χ0v) is 12.4. The molecule has 3 rings (SSSR count). The number of aliphatic hydroxyl groups excluding tert-OH is 1. The lowest BCUT2D eigenvalue weighted by Gasteiger charge is -1.98. The van der Waals surface area contributed by atoms with Crippen LogP contribution < -0.4 is 5.32 Å². The summed E-state index contributed by atoms with van der Waals surface area (Å²) < 4.78 is 0. The van der Waals surface area contributed by atoms with E-state index in [2.05, 4.69) is 20.3 Å². The molecule has 2 aromatic heterocycles. The topological polar surface area (TPSA) is 90.9 Å². The van der Waals surface area contributed by atoms with Gasteiger partial charge in [0.05, 0.1) is 17.2 Å². The summed E-state index contributed by atoms with van der Waals surface area (Å²) in [6.45, 7) is 3.58. The van der Waals surface area contributed by atoms with Crippen molar-refractivity contribution < 1.29 is 9.90 Å². The Morgan fingerprint density at radius 1 is 1.48 bits per heavy atom. The predicted molar refractivity (Wildman–Crippen MR) is 81.5 cm³/mol. The van der Waals surface area contributed by atoms with Crippen LogP contribution in [-0.2, 0) is 0 Å². The number of benzene rings is 1. The summed E-state index contributed by atoms with van der Waals surface area (Å²) in [5, 5.41) is 12.7. The Kier molecular flexibility index (Phi) is 3.44. The van der Waals surface area contributed by atoms with E-state index in [0.29, 0.717) is 15.8 Å². The van der Waals surface area contributed by atoms with Crippen molar-refractivity contribution in [1.82, 2.24) is 15.0 Å². The van der Waals surface area contributed by atoms with Crippen molar-refractivity contribution in [2.75, 3.05) is 5.32 Å². The van der Waals surface area contributed by atoms with E-state index in [-0.39, 0.29) is 5.91 Å². The second-order valence-corrected chi connectivity index (χ2v) is 5.81. The quantitative estimate of drug-likeness (QED) is 0.693. The van der Waals surface area contributed by atoms with Crippen LogP contribution in [0.25, 0.3) is 11.0 Å². The predicted octanol–water partition coefficient (Wildman–Crippen LogP) is 2.63. The van der Waals surface area contributed by atoms with Gasteiger partial charge in [-0.3, -0.25) is 10.1 Å². The fraction of sp³-hybridized carbons (Fsp3) is 0.214. The maximum Gasteiger partial charge on any atom is 0.269 e. The maximum absolute atomic E-state index is 12.1. The van der Waals surface area contributed by atoms with Crippen LogP contribution in [0.15, 0.2) is 24.4 Å². The average Bonchev–Trinajstić information content (AvgIpc) is 3.05. The fourth-order valence-corrected chi connectivity index (χ4v) is 2.74. The molecule has 0 saturated heterocycles. The third kappa shape index (κ3) is 2.65. The van der Waals surface area contributed by atoms with Crippen molar-refractivity contribution in [2.45, 2.75) is 20.0 Å². The smallest absolute Gasteiger partial charge is 0.269 e. The number of carbonyl (C=O) groups excluding carboxylic acids is 1. The van der Waals surface area contributed by atoms with Crippen LogP contribution in [-0.4, -0.2) is 26.0 Å². The molecule has 1 unspecified atom stereocenters. The minimum atomic E-state index is -0.676. The standard InChI is InChI=1S/C14H14N4O2S/c1-7-4-3-5-9-11(7)17-14(16-9)18-12(20)10-6-15-13(21-10)8(2)19/h3-6,8,19H,1-2H3,(H2,16,17,18,20). The number of carbonyl (C=O) groups is 1. The van der Waals surface area contributed by atoms with Gasteiger partial charge in [-0.25, -0.2) is 9.97 Å². The third-order valence-electron chi connectivity index (χ3n) is 3.05. The van der Waals surface area contributed by atoms with Gasteiger partial charge in [-0.1, -0.05) is 12.1 Å². The van der Waals surface area contributed by atoms with Gasteiger partial charge in [0.25, 0.3) is 5.91 Å². The summed E-state index contributed by atoms with van der Waals surface area (Å²) >= 11 is 1.16. The highest BCUT2D eigenvalue weighted by molar-refractivity contribution is 7.13. The zero-order chi connectivity index (χ0) is 15.0. The number of rotatable bonds is 3. The number of thiazole rings is 1. The summed E-state index contributed by atoms with van der Waals surface area (Å²) in [7, 11) is 0. The number of anilines is 1. The van der Waals surface area contributed by atoms with Crippen LogP contribution >= 0.6 is 11.3 Å². The number of aromatic nitrogens is 3. The Hall–Kier alpha value is -2.25. The number of amides is 1. The van der Waals surface area contributed by atoms with Crippen LogP contribution in [0.1, 0.15) is 33.3 Å². The SMILES string of the molecule is Cc1cccc2[nH]c(NC(=O)c3cnc(C(C)O)s3)nc12. The van der Waals surface area contributed by atoms with E-state index in [1.807, 2.05) is 25.1 Å². The lowest BCUT2D eigenvalue weighted by Crippen LogP contribution is -2.11. The van der Waals surface area contributed by atoms with E-state index in [1.165, 1.54) is 6.20 Å². The van der Waals surface area contributed by atoms with E-state index in [1.54, 1.807) is 6.92 Å². The number of fused-ring (bicyclic) bond motifs is 1. The molecule has 3 aromatic rings. The van der Waals surface area contributed by atoms with E-state index in [0.717, 1.165) is 27.9 Å². The van der Waals surface area contributed by atoms with E-state index in [4.69, 9.17) is 0 Å². The second kappa shape index (κ2) is 5.27. The Labute approximate surface area is 124 Å². The number of H-pyrrole nitrogens is 1. The molecule has 0 aliphatic carbocycles. The van der Waals surface area contributed by atoms with Crippen molar-refractivity contribution >= 4 is 34.2 Å². The number of nitrogens with zero attached hydrogens (tertiary/aromatic N) is 2. The maximum atomic E-state index is 12.1. The average molecular weight is 302 g/mol. The highest BCUT2D eigenvalue weighted by Gasteiger charge is 2.15. The van der Waals surface area contributed by atoms with Gasteiger partial charge >= 0.3 is 0 Å². The minimum absolute atomic E-state index is 0.295. The van der Waals surface area contributed by atoms with Crippen LogP contribution in [0, 0.1) is 6.92 Å². The number of aromatic amines is 1. The summed E-state index contributed by atoms with van der Waals surface area (Å²) in [6.07, 6.45) is 0.779. The molecule has 1 amide bonds. The molecule has 6 nitrogen and oxygen atoms in total. The van der Waals surface area contributed by atoms with E-state index < -0.39 is 6.10 Å². The fourth-order valence-electron chi connectivity index (χ4n) is 1.99. The van der Waals surface area contributed by atoms with Crippen LogP contribution in [0.3, 0.4) is 0 Å². The van der Waals surface area contributed by atoms with Crippen LogP contribution in [0.5, 0.6) is 0 Å². The Morgan fingerprint density at radius 3 is 2.95 bits per heavy atom. The highest BCUT2D eigenvalue weighted by atomic mass is 32.1. The number of aliphatic hydroxyl groups is 1. The van der Waals surface area contributed by atoms with Gasteiger partial charge in [0.15, 0.2) is 0 Å². The molecule has 2 heterocycles. The van der Waals surface area contributed by atoms with Gasteiger partial charge in [-0.05, 0) is 25.5 Å². The molecule has 7 heteroatoms. The third-order valence-corrected chi connectivity index (χ3v) is 4.22. The summed E-state index contributed by atoms with van der Waals surface area (Å²) in [5.41, 5.74) is 2.75. The van der Waals surface area contributed by atoms with Gasteiger partial charge in [0.2, 0.25) is 5.95 Å². The van der Waals surface area contributed by atoms with Gasteiger partial charge in [-0.15, -0.1) is 11.3 Å². The van der Waals surface area contributed by atoms with Gasteiger partial charge in [0, 0.05) is 0 Å². The molecule has 0 bridgehead atoms. The molecule has 21 heavy (non-hydrogen) atoms. The van der Waals surface area contributed by atoms with Gasteiger partial charge < -0.3 is 10.1 Å². The molecule has 1 atom stereocenters. The normalized spacial score (nSPS) is 12.5. The molecular weight excluding hydrogens is 288 g/mol. The van der Waals surface area contributed by atoms with Crippen molar-refractivity contribution in [3.63, 3.8) is 0 Å².